The van der Waals surface area contributed by atoms with E-state index in [0.29, 0.717) is 10.8 Å². The van der Waals surface area contributed by atoms with Gasteiger partial charge in [0.15, 0.2) is 0 Å². The second-order valence-electron chi connectivity index (χ2n) is 4.81. The normalized spacial score (nSPS) is 10.1. The quantitative estimate of drug-likeness (QED) is 0.457. The lowest BCUT2D eigenvalue weighted by Crippen LogP contribution is -2.28. The number of rotatable bonds is 7. The molecular weight excluding hydrogens is 354 g/mol. The number of carbonyl (C=O) groups excluding carboxylic acids is 1. The van der Waals surface area contributed by atoms with Crippen LogP contribution >= 0.6 is 11.6 Å². The molecule has 25 heavy (non-hydrogen) atoms. The van der Waals surface area contributed by atoms with Crippen molar-refractivity contribution in [3.63, 3.8) is 0 Å². The first kappa shape index (κ1) is 18.1. The molecule has 0 atom stereocenters. The van der Waals surface area contributed by atoms with Crippen molar-refractivity contribution in [1.82, 2.24) is 5.32 Å². The molecule has 2 aromatic carbocycles. The number of halogens is 1. The molecule has 130 valence electrons. The number of amides is 1. The summed E-state index contributed by atoms with van der Waals surface area (Å²) in [7, 11) is 0. The van der Waals surface area contributed by atoms with E-state index in [1.807, 2.05) is 0 Å². The van der Waals surface area contributed by atoms with Gasteiger partial charge in [-0.3, -0.25) is 25.0 Å². The van der Waals surface area contributed by atoms with Gasteiger partial charge < -0.3 is 10.1 Å². The molecule has 0 bridgehead atoms. The van der Waals surface area contributed by atoms with Crippen molar-refractivity contribution >= 4 is 28.9 Å². The Morgan fingerprint density at radius 3 is 2.12 bits per heavy atom. The Morgan fingerprint density at radius 2 is 1.60 bits per heavy atom. The summed E-state index contributed by atoms with van der Waals surface area (Å²) in [6.45, 7) is 0.252. The van der Waals surface area contributed by atoms with Crippen LogP contribution in [0.1, 0.15) is 10.4 Å². The van der Waals surface area contributed by atoms with Crippen molar-refractivity contribution in [2.24, 2.45) is 0 Å². The monoisotopic (exact) mass is 365 g/mol. The Balaban J connectivity index is 1.96. The van der Waals surface area contributed by atoms with Gasteiger partial charge >= 0.3 is 0 Å². The van der Waals surface area contributed by atoms with Gasteiger partial charge in [-0.1, -0.05) is 11.6 Å². The number of nitrogens with one attached hydrogen (secondary N) is 1. The molecule has 0 heterocycles. The number of ether oxygens (including phenoxy) is 1. The maximum atomic E-state index is 12.0. The van der Waals surface area contributed by atoms with Gasteiger partial charge in [0.1, 0.15) is 12.4 Å². The van der Waals surface area contributed by atoms with Crippen LogP contribution in [0, 0.1) is 20.2 Å². The topological polar surface area (TPSA) is 125 Å². The van der Waals surface area contributed by atoms with Crippen LogP contribution in [0.3, 0.4) is 0 Å². The predicted octanol–water partition coefficient (Wildman–Crippen LogP) is 2.97. The van der Waals surface area contributed by atoms with Crippen LogP contribution in [0.5, 0.6) is 5.75 Å². The fourth-order valence-corrected chi connectivity index (χ4v) is 2.03. The number of hydrogen-bond acceptors (Lipinski definition) is 6. The summed E-state index contributed by atoms with van der Waals surface area (Å²) in [4.78, 5) is 32.1. The third-order valence-corrected chi connectivity index (χ3v) is 3.31. The minimum atomic E-state index is -0.798. The van der Waals surface area contributed by atoms with Crippen LogP contribution in [-0.2, 0) is 0 Å². The summed E-state index contributed by atoms with van der Waals surface area (Å²) in [5.41, 5.74) is -1.24. The first-order valence-corrected chi connectivity index (χ1v) is 7.35. The Labute approximate surface area is 146 Å². The van der Waals surface area contributed by atoms with Crippen LogP contribution in [0.25, 0.3) is 0 Å². The number of nitrogens with zero attached hydrogens (tertiary/aromatic N) is 2. The standard InChI is InChI=1S/C15H12ClN3O6/c16-11-1-3-14(4-2-11)25-6-5-17-15(20)10-7-12(18(21)22)9-13(8-10)19(23)24/h1-4,7-9H,5-6H2,(H,17,20). The highest BCUT2D eigenvalue weighted by Gasteiger charge is 2.19. The first-order chi connectivity index (χ1) is 11.9. The van der Waals surface area contributed by atoms with E-state index in [1.54, 1.807) is 24.3 Å². The average molecular weight is 366 g/mol. The maximum Gasteiger partial charge on any atom is 0.277 e. The number of non-ortho nitro benzene ring substituents is 2. The van der Waals surface area contributed by atoms with Gasteiger partial charge in [0.2, 0.25) is 0 Å². The van der Waals surface area contributed by atoms with E-state index < -0.39 is 27.1 Å². The Kier molecular flexibility index (Phi) is 5.85. The molecule has 0 fully saturated rings. The summed E-state index contributed by atoms with van der Waals surface area (Å²) in [6.07, 6.45) is 0. The van der Waals surface area contributed by atoms with Crippen LogP contribution < -0.4 is 10.1 Å². The van der Waals surface area contributed by atoms with Crippen molar-refractivity contribution in [1.29, 1.82) is 0 Å². The largest absolute Gasteiger partial charge is 0.492 e. The lowest BCUT2D eigenvalue weighted by Gasteiger charge is -2.08. The highest BCUT2D eigenvalue weighted by molar-refractivity contribution is 6.30. The maximum absolute atomic E-state index is 12.0. The molecule has 1 amide bonds. The van der Waals surface area contributed by atoms with Gasteiger partial charge in [-0.15, -0.1) is 0 Å². The molecule has 0 saturated carbocycles. The second-order valence-corrected chi connectivity index (χ2v) is 5.25. The fourth-order valence-electron chi connectivity index (χ4n) is 1.90. The number of nitro groups is 2. The van der Waals surface area contributed by atoms with Crippen LogP contribution in [0.4, 0.5) is 11.4 Å². The second kappa shape index (κ2) is 8.06. The van der Waals surface area contributed by atoms with Gasteiger partial charge in [0, 0.05) is 17.2 Å². The average Bonchev–Trinajstić information content (AvgIpc) is 2.59. The predicted molar refractivity (Wildman–Crippen MR) is 89.0 cm³/mol. The van der Waals surface area contributed by atoms with Crippen molar-refractivity contribution < 1.29 is 19.4 Å². The minimum absolute atomic E-state index is 0.109. The molecule has 10 heteroatoms. The molecule has 2 rings (SSSR count). The lowest BCUT2D eigenvalue weighted by atomic mass is 10.1. The summed E-state index contributed by atoms with van der Waals surface area (Å²) in [5, 5.41) is 24.7. The Bertz CT molecular complexity index is 777. The molecule has 0 spiro atoms. The molecule has 0 unspecified atom stereocenters. The fraction of sp³-hybridized carbons (Fsp3) is 0.133. The molecule has 9 nitrogen and oxygen atoms in total. The van der Waals surface area contributed by atoms with E-state index in [9.17, 15) is 25.0 Å². The van der Waals surface area contributed by atoms with Crippen molar-refractivity contribution in [2.45, 2.75) is 0 Å². The van der Waals surface area contributed by atoms with E-state index in [4.69, 9.17) is 16.3 Å². The number of hydrogen-bond donors (Lipinski definition) is 1. The third kappa shape index (κ3) is 5.15. The molecular formula is C15H12ClN3O6. The van der Waals surface area contributed by atoms with Crippen molar-refractivity contribution in [2.75, 3.05) is 13.2 Å². The summed E-state index contributed by atoms with van der Waals surface area (Å²) < 4.78 is 5.38. The highest BCUT2D eigenvalue weighted by Crippen LogP contribution is 2.22. The number of carbonyl (C=O) groups is 1. The van der Waals surface area contributed by atoms with Gasteiger partial charge in [-0.05, 0) is 24.3 Å². The summed E-state index contributed by atoms with van der Waals surface area (Å²) >= 11 is 5.74. The molecule has 0 aliphatic carbocycles. The first-order valence-electron chi connectivity index (χ1n) is 6.97. The number of benzene rings is 2. The Hall–Kier alpha value is -3.20. The highest BCUT2D eigenvalue weighted by atomic mass is 35.5. The van der Waals surface area contributed by atoms with E-state index in [0.717, 1.165) is 18.2 Å². The zero-order chi connectivity index (χ0) is 18.4. The molecule has 0 radical (unpaired) electrons. The molecule has 0 saturated heterocycles. The smallest absolute Gasteiger partial charge is 0.277 e. The number of nitro benzene ring substituents is 2. The van der Waals surface area contributed by atoms with Crippen LogP contribution in [0.15, 0.2) is 42.5 Å². The molecule has 1 N–H and O–H groups in total. The molecule has 0 aromatic heterocycles. The van der Waals surface area contributed by atoms with E-state index >= 15 is 0 Å². The summed E-state index contributed by atoms with van der Waals surface area (Å²) in [5.74, 6) is -0.115. The van der Waals surface area contributed by atoms with E-state index in [1.165, 1.54) is 0 Å². The van der Waals surface area contributed by atoms with Gasteiger partial charge in [0.25, 0.3) is 17.3 Å². The lowest BCUT2D eigenvalue weighted by molar-refractivity contribution is -0.394. The summed E-state index contributed by atoms with van der Waals surface area (Å²) in [6, 6.07) is 9.36. The minimum Gasteiger partial charge on any atom is -0.492 e. The van der Waals surface area contributed by atoms with Crippen LogP contribution in [-0.4, -0.2) is 28.9 Å². The molecule has 2 aromatic rings. The van der Waals surface area contributed by atoms with Crippen LogP contribution in [0.2, 0.25) is 5.02 Å². The molecule has 0 aliphatic rings. The SMILES string of the molecule is O=C(NCCOc1ccc(Cl)cc1)c1cc([N+](=O)[O-])cc([N+](=O)[O-])c1. The van der Waals surface area contributed by atoms with E-state index in [2.05, 4.69) is 5.32 Å². The van der Waals surface area contributed by atoms with Crippen molar-refractivity contribution in [3.8, 4) is 5.75 Å². The Morgan fingerprint density at radius 1 is 1.04 bits per heavy atom. The van der Waals surface area contributed by atoms with Crippen molar-refractivity contribution in [3.05, 3.63) is 73.3 Å². The zero-order valence-electron chi connectivity index (χ0n) is 12.7. The van der Waals surface area contributed by atoms with Gasteiger partial charge in [-0.25, -0.2) is 0 Å². The van der Waals surface area contributed by atoms with Gasteiger partial charge in [-0.2, -0.15) is 0 Å². The van der Waals surface area contributed by atoms with Gasteiger partial charge in [0.05, 0.1) is 28.0 Å². The zero-order valence-corrected chi connectivity index (χ0v) is 13.4. The molecule has 0 aliphatic heterocycles. The third-order valence-electron chi connectivity index (χ3n) is 3.06. The van der Waals surface area contributed by atoms with E-state index in [-0.39, 0.29) is 18.7 Å².